The molecule has 2 aromatic rings. The number of halogens is 2. The molecule has 0 aliphatic rings. The lowest BCUT2D eigenvalue weighted by molar-refractivity contribution is 0.0793. The van der Waals surface area contributed by atoms with Crippen LogP contribution in [0.5, 0.6) is 0 Å². The Morgan fingerprint density at radius 2 is 1.54 bits per heavy atom. The van der Waals surface area contributed by atoms with Crippen LogP contribution in [0.2, 0.25) is 0 Å². The third-order valence-corrected chi connectivity index (χ3v) is 3.49. The van der Waals surface area contributed by atoms with Gasteiger partial charge in [-0.25, -0.2) is 8.78 Å². The molecule has 0 spiro atoms. The van der Waals surface area contributed by atoms with Gasteiger partial charge in [0.25, 0.3) is 5.91 Å². The number of aldehydes is 1. The summed E-state index contributed by atoms with van der Waals surface area (Å²) in [4.78, 5) is 35.3. The molecule has 0 saturated heterocycles. The van der Waals surface area contributed by atoms with Gasteiger partial charge < -0.3 is 5.32 Å². The number of nitrogens with one attached hydrogen (secondary N) is 1. The first-order valence-corrected chi connectivity index (χ1v) is 7.13. The molecule has 0 fully saturated rings. The molecule has 2 aromatic carbocycles. The van der Waals surface area contributed by atoms with Crippen LogP contribution >= 0.6 is 0 Å². The molecule has 2 rings (SSSR count). The number of benzene rings is 2. The maximum Gasteiger partial charge on any atom is 0.258 e. The molecule has 4 nitrogen and oxygen atoms in total. The molecular formula is C18H15F2NO3. The first-order valence-electron chi connectivity index (χ1n) is 7.13. The van der Waals surface area contributed by atoms with E-state index >= 15 is 0 Å². The van der Waals surface area contributed by atoms with Gasteiger partial charge in [0.15, 0.2) is 5.78 Å². The van der Waals surface area contributed by atoms with E-state index in [-0.39, 0.29) is 5.56 Å². The maximum absolute atomic E-state index is 13.7. The number of Topliss-reactive ketones (excluding diaryl/α,β-unsaturated/α-hetero) is 1. The first-order chi connectivity index (χ1) is 11.3. The molecule has 0 unspecified atom stereocenters. The quantitative estimate of drug-likeness (QED) is 0.676. The molecule has 0 bridgehead atoms. The van der Waals surface area contributed by atoms with E-state index in [0.717, 1.165) is 18.2 Å². The van der Waals surface area contributed by atoms with Gasteiger partial charge in [-0.05, 0) is 26.0 Å². The second kappa shape index (κ2) is 6.70. The summed E-state index contributed by atoms with van der Waals surface area (Å²) in [6.07, 6.45) is 0.641. The second-order valence-electron chi connectivity index (χ2n) is 5.74. The van der Waals surface area contributed by atoms with Crippen LogP contribution in [0.3, 0.4) is 0 Å². The highest BCUT2D eigenvalue weighted by atomic mass is 19.1. The Bertz CT molecular complexity index is 778. The topological polar surface area (TPSA) is 63.2 Å². The van der Waals surface area contributed by atoms with Crippen LogP contribution in [0.4, 0.5) is 8.78 Å². The largest absolute Gasteiger partial charge is 0.340 e. The Labute approximate surface area is 137 Å². The summed E-state index contributed by atoms with van der Waals surface area (Å²) in [6.45, 7) is 2.86. The van der Waals surface area contributed by atoms with E-state index in [4.69, 9.17) is 0 Å². The Balaban J connectivity index is 2.24. The lowest BCUT2D eigenvalue weighted by Gasteiger charge is -2.25. The zero-order valence-electron chi connectivity index (χ0n) is 13.1. The van der Waals surface area contributed by atoms with Gasteiger partial charge >= 0.3 is 0 Å². The summed E-state index contributed by atoms with van der Waals surface area (Å²) >= 11 is 0. The van der Waals surface area contributed by atoms with Crippen molar-refractivity contribution in [3.63, 3.8) is 0 Å². The summed E-state index contributed by atoms with van der Waals surface area (Å²) in [7, 11) is 0. The van der Waals surface area contributed by atoms with Crippen molar-refractivity contribution in [1.29, 1.82) is 0 Å². The van der Waals surface area contributed by atoms with E-state index < -0.39 is 34.4 Å². The molecule has 0 atom stereocenters. The summed E-state index contributed by atoms with van der Waals surface area (Å²) in [5, 5.41) is 2.34. The molecule has 0 radical (unpaired) electrons. The predicted octanol–water partition coefficient (Wildman–Crippen LogP) is 3.17. The third-order valence-electron chi connectivity index (χ3n) is 3.49. The molecule has 6 heteroatoms. The van der Waals surface area contributed by atoms with Crippen LogP contribution in [0.15, 0.2) is 42.5 Å². The SMILES string of the molecule is CC(C)(NC(=O)c1c(F)cccc1F)C(=O)c1ccc(C=O)cc1. The van der Waals surface area contributed by atoms with Crippen LogP contribution in [-0.4, -0.2) is 23.5 Å². The highest BCUT2D eigenvalue weighted by Gasteiger charge is 2.32. The molecule has 124 valence electrons. The number of carbonyl (C=O) groups is 3. The van der Waals surface area contributed by atoms with E-state index in [9.17, 15) is 23.2 Å². The van der Waals surface area contributed by atoms with Gasteiger partial charge in [-0.3, -0.25) is 14.4 Å². The lowest BCUT2D eigenvalue weighted by atomic mass is 9.92. The third kappa shape index (κ3) is 3.53. The van der Waals surface area contributed by atoms with Crippen molar-refractivity contribution in [2.75, 3.05) is 0 Å². The predicted molar refractivity (Wildman–Crippen MR) is 84.1 cm³/mol. The van der Waals surface area contributed by atoms with E-state index in [1.54, 1.807) is 0 Å². The fourth-order valence-corrected chi connectivity index (χ4v) is 2.19. The Kier molecular flexibility index (Phi) is 4.87. The fourth-order valence-electron chi connectivity index (χ4n) is 2.19. The van der Waals surface area contributed by atoms with Gasteiger partial charge in [0, 0.05) is 11.1 Å². The van der Waals surface area contributed by atoms with Gasteiger partial charge in [0.2, 0.25) is 0 Å². The van der Waals surface area contributed by atoms with Crippen molar-refractivity contribution >= 4 is 18.0 Å². The monoisotopic (exact) mass is 331 g/mol. The van der Waals surface area contributed by atoms with E-state index in [2.05, 4.69) is 5.32 Å². The lowest BCUT2D eigenvalue weighted by Crippen LogP contribution is -2.50. The average molecular weight is 331 g/mol. The van der Waals surface area contributed by atoms with Gasteiger partial charge in [0.05, 0.1) is 5.54 Å². The normalized spacial score (nSPS) is 11.0. The average Bonchev–Trinajstić information content (AvgIpc) is 2.53. The molecule has 24 heavy (non-hydrogen) atoms. The maximum atomic E-state index is 13.7. The second-order valence-corrected chi connectivity index (χ2v) is 5.74. The number of hydrogen-bond acceptors (Lipinski definition) is 3. The van der Waals surface area contributed by atoms with Crippen molar-refractivity contribution in [1.82, 2.24) is 5.32 Å². The van der Waals surface area contributed by atoms with Crippen molar-refractivity contribution in [3.05, 3.63) is 70.8 Å². The van der Waals surface area contributed by atoms with Gasteiger partial charge in [-0.2, -0.15) is 0 Å². The van der Waals surface area contributed by atoms with Crippen LogP contribution < -0.4 is 5.32 Å². The summed E-state index contributed by atoms with van der Waals surface area (Å²) in [5.41, 5.74) is -1.47. The number of carbonyl (C=O) groups excluding carboxylic acids is 3. The first kappa shape index (κ1) is 17.5. The van der Waals surface area contributed by atoms with E-state index in [0.29, 0.717) is 11.8 Å². The smallest absolute Gasteiger partial charge is 0.258 e. The van der Waals surface area contributed by atoms with Crippen molar-refractivity contribution in [2.45, 2.75) is 19.4 Å². The van der Waals surface area contributed by atoms with Crippen molar-refractivity contribution < 1.29 is 23.2 Å². The van der Waals surface area contributed by atoms with E-state index in [1.807, 2.05) is 0 Å². The standard InChI is InChI=1S/C18H15F2NO3/c1-18(2,16(23)12-8-6-11(10-22)7-9-12)21-17(24)15-13(19)4-3-5-14(15)20/h3-10H,1-2H3,(H,21,24). The van der Waals surface area contributed by atoms with Crippen LogP contribution in [0.1, 0.15) is 44.9 Å². The number of amides is 1. The fraction of sp³-hybridized carbons (Fsp3) is 0.167. The minimum atomic E-state index is -1.39. The number of ketones is 1. The van der Waals surface area contributed by atoms with Crippen LogP contribution in [0, 0.1) is 11.6 Å². The van der Waals surface area contributed by atoms with Gasteiger partial charge in [-0.1, -0.05) is 30.3 Å². The molecule has 0 aromatic heterocycles. The van der Waals surface area contributed by atoms with Crippen molar-refractivity contribution in [2.24, 2.45) is 0 Å². The van der Waals surface area contributed by atoms with E-state index in [1.165, 1.54) is 38.1 Å². The Morgan fingerprint density at radius 1 is 1.00 bits per heavy atom. The Morgan fingerprint density at radius 3 is 2.04 bits per heavy atom. The highest BCUT2D eigenvalue weighted by molar-refractivity contribution is 6.06. The summed E-state index contributed by atoms with van der Waals surface area (Å²) < 4.78 is 27.3. The zero-order chi connectivity index (χ0) is 17.9. The highest BCUT2D eigenvalue weighted by Crippen LogP contribution is 2.17. The molecule has 1 amide bonds. The van der Waals surface area contributed by atoms with Crippen LogP contribution in [-0.2, 0) is 0 Å². The summed E-state index contributed by atoms with van der Waals surface area (Å²) in [6, 6.07) is 8.90. The zero-order valence-corrected chi connectivity index (χ0v) is 13.1. The van der Waals surface area contributed by atoms with Crippen LogP contribution in [0.25, 0.3) is 0 Å². The Hall–Kier alpha value is -2.89. The van der Waals surface area contributed by atoms with Gasteiger partial charge in [-0.15, -0.1) is 0 Å². The minimum absolute atomic E-state index is 0.264. The van der Waals surface area contributed by atoms with Gasteiger partial charge in [0.1, 0.15) is 23.5 Å². The molecule has 0 aliphatic carbocycles. The summed E-state index contributed by atoms with van der Waals surface area (Å²) in [5.74, 6) is -3.49. The van der Waals surface area contributed by atoms with Crippen molar-refractivity contribution in [3.8, 4) is 0 Å². The minimum Gasteiger partial charge on any atom is -0.340 e. The molecule has 0 heterocycles. The number of rotatable bonds is 5. The molecule has 0 aliphatic heterocycles. The number of hydrogen-bond donors (Lipinski definition) is 1. The molecule has 0 saturated carbocycles. The molecule has 1 N–H and O–H groups in total. The molecular weight excluding hydrogens is 316 g/mol.